The Morgan fingerprint density at radius 1 is 0.885 bits per heavy atom. The molecule has 0 radical (unpaired) electrons. The van der Waals surface area contributed by atoms with E-state index in [0.717, 1.165) is 6.08 Å². The Morgan fingerprint density at radius 2 is 1.27 bits per heavy atom. The zero-order chi connectivity index (χ0) is 19.4. The molecule has 0 heterocycles. The number of sulfone groups is 2. The van der Waals surface area contributed by atoms with E-state index >= 15 is 4.39 Å². The molecule has 4 nitrogen and oxygen atoms in total. The Balaban J connectivity index is 2.87. The largest absolute Gasteiger partial charge is 0.327 e. The second-order valence-corrected chi connectivity index (χ2v) is 9.91. The molecule has 0 saturated carbocycles. The van der Waals surface area contributed by atoms with E-state index < -0.39 is 39.7 Å². The third-order valence-electron chi connectivity index (χ3n) is 3.89. The molecule has 0 fully saturated rings. The number of hydrogen-bond donors (Lipinski definition) is 0. The Hall–Kier alpha value is -2.25. The van der Waals surface area contributed by atoms with E-state index in [1.807, 2.05) is 0 Å². The van der Waals surface area contributed by atoms with Gasteiger partial charge in [0.25, 0.3) is 0 Å². The van der Waals surface area contributed by atoms with Gasteiger partial charge in [-0.05, 0) is 31.2 Å². The minimum atomic E-state index is -4.92. The molecule has 0 N–H and O–H groups in total. The summed E-state index contributed by atoms with van der Waals surface area (Å²) in [5, 5.41) is 0. The van der Waals surface area contributed by atoms with Crippen LogP contribution in [0.5, 0.6) is 0 Å². The molecule has 0 unspecified atom stereocenters. The fourth-order valence-corrected chi connectivity index (χ4v) is 7.04. The molecule has 0 saturated heterocycles. The molecule has 0 aromatic heterocycles. The fourth-order valence-electron chi connectivity index (χ4n) is 2.57. The SMILES string of the molecule is C=C[C@@H](/C=C/C)C(F)(S(=O)(=O)c1ccccc1)S(=O)(=O)c1ccccc1. The third kappa shape index (κ3) is 3.12. The van der Waals surface area contributed by atoms with E-state index in [-0.39, 0.29) is 0 Å². The molecule has 2 rings (SSSR count). The molecule has 0 amide bonds. The van der Waals surface area contributed by atoms with Crippen molar-refractivity contribution in [1.29, 1.82) is 0 Å². The lowest BCUT2D eigenvalue weighted by molar-refractivity contribution is 0.318. The van der Waals surface area contributed by atoms with E-state index in [9.17, 15) is 16.8 Å². The molecular formula is C19H19FO4S2. The average Bonchev–Trinajstić information content (AvgIpc) is 2.66. The molecular weight excluding hydrogens is 375 g/mol. The second-order valence-electron chi connectivity index (χ2n) is 5.50. The van der Waals surface area contributed by atoms with Crippen molar-refractivity contribution < 1.29 is 21.2 Å². The van der Waals surface area contributed by atoms with Crippen LogP contribution >= 0.6 is 0 Å². The van der Waals surface area contributed by atoms with Crippen LogP contribution in [-0.4, -0.2) is 21.2 Å². The second kappa shape index (κ2) is 7.55. The van der Waals surface area contributed by atoms with Crippen LogP contribution in [-0.2, 0) is 19.7 Å². The predicted octanol–water partition coefficient (Wildman–Crippen LogP) is 3.94. The molecule has 0 bridgehead atoms. The highest BCUT2D eigenvalue weighted by molar-refractivity contribution is 8.10. The number of allylic oxidation sites excluding steroid dienone is 3. The standard InChI is InChI=1S/C19H19FO4S2/c1-3-11-16(4-2)19(20,25(21,22)17-12-7-5-8-13-17)26(23,24)18-14-9-6-10-15-18/h3-16H,2H2,1H3/b11-3+/t16-/m0/s1. The molecule has 2 aromatic rings. The fraction of sp³-hybridized carbons (Fsp3) is 0.158. The van der Waals surface area contributed by atoms with Crippen LogP contribution in [0.4, 0.5) is 4.39 Å². The highest BCUT2D eigenvalue weighted by atomic mass is 32.3. The van der Waals surface area contributed by atoms with Gasteiger partial charge in [-0.1, -0.05) is 54.6 Å². The zero-order valence-electron chi connectivity index (χ0n) is 14.1. The first kappa shape index (κ1) is 20.1. The van der Waals surface area contributed by atoms with E-state index in [4.69, 9.17) is 0 Å². The van der Waals surface area contributed by atoms with Crippen LogP contribution in [0.25, 0.3) is 0 Å². The van der Waals surface area contributed by atoms with Gasteiger partial charge in [0.05, 0.1) is 15.7 Å². The van der Waals surface area contributed by atoms with Crippen LogP contribution in [0.15, 0.2) is 95.3 Å². The van der Waals surface area contributed by atoms with Crippen LogP contribution in [0.1, 0.15) is 6.92 Å². The summed E-state index contributed by atoms with van der Waals surface area (Å²) in [6.07, 6.45) is 3.55. The van der Waals surface area contributed by atoms with E-state index in [1.165, 1.54) is 60.7 Å². The summed E-state index contributed by atoms with van der Waals surface area (Å²) in [7, 11) is -9.83. The lowest BCUT2D eigenvalue weighted by Crippen LogP contribution is -2.47. The van der Waals surface area contributed by atoms with Crippen molar-refractivity contribution in [3.8, 4) is 0 Å². The molecule has 0 aliphatic carbocycles. The van der Waals surface area contributed by atoms with Gasteiger partial charge in [-0.15, -0.1) is 6.58 Å². The number of hydrogen-bond acceptors (Lipinski definition) is 4. The zero-order valence-corrected chi connectivity index (χ0v) is 15.8. The topological polar surface area (TPSA) is 68.3 Å². The summed E-state index contributed by atoms with van der Waals surface area (Å²) in [5.41, 5.74) is 0. The van der Waals surface area contributed by atoms with Crippen molar-refractivity contribution >= 4 is 19.7 Å². The molecule has 138 valence electrons. The van der Waals surface area contributed by atoms with Gasteiger partial charge in [-0.2, -0.15) is 0 Å². The monoisotopic (exact) mass is 394 g/mol. The van der Waals surface area contributed by atoms with Gasteiger partial charge in [0, 0.05) is 0 Å². The van der Waals surface area contributed by atoms with Crippen molar-refractivity contribution in [2.75, 3.05) is 0 Å². The normalized spacial score (nSPS) is 14.2. The first-order chi connectivity index (χ1) is 12.2. The highest BCUT2D eigenvalue weighted by Gasteiger charge is 2.60. The maximum Gasteiger partial charge on any atom is 0.327 e. The number of benzene rings is 2. The summed E-state index contributed by atoms with van der Waals surface area (Å²) >= 11 is 0. The third-order valence-corrected chi connectivity index (χ3v) is 9.00. The molecule has 0 aliphatic heterocycles. The molecule has 0 spiro atoms. The summed E-state index contributed by atoms with van der Waals surface area (Å²) in [5.74, 6) is -1.59. The summed E-state index contributed by atoms with van der Waals surface area (Å²) in [6.45, 7) is 4.98. The Kier molecular flexibility index (Phi) is 5.83. The van der Waals surface area contributed by atoms with Crippen LogP contribution in [0, 0.1) is 5.92 Å². The number of rotatable bonds is 7. The first-order valence-electron chi connectivity index (χ1n) is 7.77. The van der Waals surface area contributed by atoms with Crippen LogP contribution < -0.4 is 0 Å². The molecule has 7 heteroatoms. The molecule has 2 aromatic carbocycles. The van der Waals surface area contributed by atoms with Crippen molar-refractivity contribution in [3.63, 3.8) is 0 Å². The van der Waals surface area contributed by atoms with Crippen LogP contribution in [0.2, 0.25) is 0 Å². The Bertz CT molecular complexity index is 927. The predicted molar refractivity (Wildman–Crippen MR) is 99.6 cm³/mol. The van der Waals surface area contributed by atoms with E-state index in [0.29, 0.717) is 0 Å². The van der Waals surface area contributed by atoms with Crippen molar-refractivity contribution in [1.82, 2.24) is 0 Å². The number of alkyl halides is 1. The highest BCUT2D eigenvalue weighted by Crippen LogP contribution is 2.43. The van der Waals surface area contributed by atoms with Gasteiger partial charge >= 0.3 is 4.33 Å². The maximum atomic E-state index is 16.3. The molecule has 26 heavy (non-hydrogen) atoms. The summed E-state index contributed by atoms with van der Waals surface area (Å²) < 4.78 is 65.1. The smallest absolute Gasteiger partial charge is 0.219 e. The van der Waals surface area contributed by atoms with Gasteiger partial charge in [0.15, 0.2) is 0 Å². The molecule has 0 aliphatic rings. The van der Waals surface area contributed by atoms with E-state index in [1.54, 1.807) is 19.1 Å². The summed E-state index contributed by atoms with van der Waals surface area (Å²) in [4.78, 5) is -0.836. The average molecular weight is 394 g/mol. The minimum Gasteiger partial charge on any atom is -0.219 e. The van der Waals surface area contributed by atoms with E-state index in [2.05, 4.69) is 6.58 Å². The van der Waals surface area contributed by atoms with Crippen molar-refractivity contribution in [3.05, 3.63) is 85.5 Å². The molecule has 1 atom stereocenters. The Labute approximate surface area is 153 Å². The Morgan fingerprint density at radius 3 is 1.58 bits per heavy atom. The van der Waals surface area contributed by atoms with Gasteiger partial charge in [-0.3, -0.25) is 0 Å². The maximum absolute atomic E-state index is 16.3. The summed E-state index contributed by atoms with van der Waals surface area (Å²) in [6, 6.07) is 13.4. The van der Waals surface area contributed by atoms with Gasteiger partial charge in [-0.25, -0.2) is 21.2 Å². The van der Waals surface area contributed by atoms with Gasteiger partial charge in [0.2, 0.25) is 19.7 Å². The lowest BCUT2D eigenvalue weighted by atomic mass is 10.1. The van der Waals surface area contributed by atoms with Gasteiger partial charge in [0.1, 0.15) is 0 Å². The minimum absolute atomic E-state index is 0.418. The first-order valence-corrected chi connectivity index (χ1v) is 10.7. The lowest BCUT2D eigenvalue weighted by Gasteiger charge is -2.29. The quantitative estimate of drug-likeness (QED) is 0.667. The number of halogens is 1. The van der Waals surface area contributed by atoms with Crippen molar-refractivity contribution in [2.24, 2.45) is 5.92 Å². The van der Waals surface area contributed by atoms with Crippen molar-refractivity contribution in [2.45, 2.75) is 21.0 Å². The van der Waals surface area contributed by atoms with Gasteiger partial charge < -0.3 is 0 Å². The van der Waals surface area contributed by atoms with Crippen LogP contribution in [0.3, 0.4) is 0 Å².